The molecule has 0 spiro atoms. The van der Waals surface area contributed by atoms with E-state index in [-0.39, 0.29) is 105 Å². The van der Waals surface area contributed by atoms with Gasteiger partial charge in [0.1, 0.15) is 0 Å². The summed E-state index contributed by atoms with van der Waals surface area (Å²) in [4.78, 5) is 0. The van der Waals surface area contributed by atoms with Gasteiger partial charge in [0.15, 0.2) is 0 Å². The maximum atomic E-state index is 0. The van der Waals surface area contributed by atoms with E-state index in [1.54, 1.807) is 0 Å². The Kier molecular flexibility index (Phi) is 109. The van der Waals surface area contributed by atoms with Crippen molar-refractivity contribution < 1.29 is 59.1 Å². The van der Waals surface area contributed by atoms with Gasteiger partial charge in [0.25, 0.3) is 0 Å². The van der Waals surface area contributed by atoms with Gasteiger partial charge < -0.3 is 2.85 Å². The molecule has 0 aromatic carbocycles. The minimum atomic E-state index is 0. The predicted molar refractivity (Wildman–Crippen MR) is 7.98 cm³/mol. The van der Waals surface area contributed by atoms with Gasteiger partial charge >= 0.3 is 45.5 Å². The third-order valence-corrected chi connectivity index (χ3v) is 0. The Morgan fingerprint density at radius 1 is 1.25 bits per heavy atom. The number of hydrogen-bond acceptors (Lipinski definition) is 0. The molecule has 0 heterocycles. The van der Waals surface area contributed by atoms with Crippen molar-refractivity contribution in [2.75, 3.05) is 0 Å². The Bertz CT molecular complexity index is 13.5. The van der Waals surface area contributed by atoms with E-state index in [2.05, 4.69) is 0 Å². The van der Waals surface area contributed by atoms with Gasteiger partial charge in [-0.25, -0.2) is 0 Å². The quantitative estimate of drug-likeness (QED) is 0.545. The first kappa shape index (κ1) is 26.8. The van der Waals surface area contributed by atoms with Crippen LogP contribution < -0.4 is 0 Å². The maximum Gasteiger partial charge on any atom is 2.00 e. The average Bonchev–Trinajstić information content (AvgIpc) is 0. The van der Waals surface area contributed by atoms with Crippen molar-refractivity contribution in [2.45, 2.75) is 0 Å². The SMILES string of the molecule is [Co].[Fe].[H-].[H-].[Nb].[Sr+2]. The molecule has 0 unspecified atom stereocenters. The summed E-state index contributed by atoms with van der Waals surface area (Å²) in [6.45, 7) is 0. The van der Waals surface area contributed by atoms with Crippen molar-refractivity contribution in [3.05, 3.63) is 0 Å². The Hall–Kier alpha value is 3.25. The second kappa shape index (κ2) is 16.3. The van der Waals surface area contributed by atoms with Gasteiger partial charge in [0.2, 0.25) is 0 Å². The van der Waals surface area contributed by atoms with Crippen LogP contribution in [0.3, 0.4) is 0 Å². The average molecular weight is 297 g/mol. The third kappa shape index (κ3) is 8.98. The summed E-state index contributed by atoms with van der Waals surface area (Å²) >= 11 is 0. The molecule has 0 fully saturated rings. The fraction of sp³-hybridized carbons (Fsp3) is 0. The molecule has 4 heteroatoms. The van der Waals surface area contributed by atoms with Crippen molar-refractivity contribution in [3.63, 3.8) is 0 Å². The molecule has 0 bridgehead atoms. The van der Waals surface area contributed by atoms with Gasteiger partial charge in [-0.1, -0.05) is 0 Å². The number of rotatable bonds is 0. The first-order chi connectivity index (χ1) is 0. The smallest absolute Gasteiger partial charge is 1.00 e. The summed E-state index contributed by atoms with van der Waals surface area (Å²) in [7, 11) is 0. The topological polar surface area (TPSA) is 0 Å². The second-order valence-corrected chi connectivity index (χ2v) is 0. The summed E-state index contributed by atoms with van der Waals surface area (Å²) in [5.41, 5.74) is 0. The minimum Gasteiger partial charge on any atom is -1.00 e. The van der Waals surface area contributed by atoms with E-state index in [4.69, 9.17) is 0 Å². The van der Waals surface area contributed by atoms with E-state index < -0.39 is 0 Å². The van der Waals surface area contributed by atoms with Gasteiger partial charge in [-0.2, -0.15) is 0 Å². The molecular weight excluding hydrogens is 295 g/mol. The summed E-state index contributed by atoms with van der Waals surface area (Å²) in [5, 5.41) is 0. The standard InChI is InChI=1S/Co.Fe.Nb.Sr.2H/q;;;+2;2*-1. The number of hydrogen-bond donors (Lipinski definition) is 0. The maximum absolute atomic E-state index is 0. The van der Waals surface area contributed by atoms with E-state index in [9.17, 15) is 0 Å². The largest absolute Gasteiger partial charge is 2.00 e. The molecule has 2 radical (unpaired) electrons. The first-order valence-corrected chi connectivity index (χ1v) is 0. The van der Waals surface area contributed by atoms with Crippen molar-refractivity contribution in [1.29, 1.82) is 0 Å². The fourth-order valence-corrected chi connectivity index (χ4v) is 0. The summed E-state index contributed by atoms with van der Waals surface area (Å²) in [6, 6.07) is 0. The van der Waals surface area contributed by atoms with Gasteiger partial charge in [0, 0.05) is 56.2 Å². The van der Waals surface area contributed by atoms with Crippen molar-refractivity contribution in [2.24, 2.45) is 0 Å². The minimum absolute atomic E-state index is 0. The van der Waals surface area contributed by atoms with Crippen LogP contribution in [0.4, 0.5) is 0 Å². The van der Waals surface area contributed by atoms with E-state index in [1.807, 2.05) is 0 Å². The zero-order valence-corrected chi connectivity index (χ0v) is 9.66. The molecule has 0 amide bonds. The Morgan fingerprint density at radius 3 is 1.25 bits per heavy atom. The summed E-state index contributed by atoms with van der Waals surface area (Å²) < 4.78 is 0. The molecule has 0 atom stereocenters. The van der Waals surface area contributed by atoms with E-state index in [0.29, 0.717) is 0 Å². The van der Waals surface area contributed by atoms with E-state index in [1.165, 1.54) is 0 Å². The van der Waals surface area contributed by atoms with E-state index in [0.717, 1.165) is 0 Å². The zero-order chi connectivity index (χ0) is 0. The van der Waals surface area contributed by atoms with Crippen molar-refractivity contribution in [3.8, 4) is 0 Å². The summed E-state index contributed by atoms with van der Waals surface area (Å²) in [6.07, 6.45) is 0. The third-order valence-electron chi connectivity index (χ3n) is 0. The Labute approximate surface area is 102 Å². The Morgan fingerprint density at radius 2 is 1.25 bits per heavy atom. The monoisotopic (exact) mass is 298 g/mol. The van der Waals surface area contributed by atoms with Crippen LogP contribution in [0.2, 0.25) is 0 Å². The summed E-state index contributed by atoms with van der Waals surface area (Å²) in [5.74, 6) is 0. The van der Waals surface area contributed by atoms with Gasteiger partial charge in [0.05, 0.1) is 0 Å². The molecule has 0 aliphatic rings. The van der Waals surface area contributed by atoms with Crippen LogP contribution in [0.25, 0.3) is 0 Å². The van der Waals surface area contributed by atoms with Crippen LogP contribution in [-0.2, 0) is 56.2 Å². The molecule has 0 aliphatic carbocycles. The molecule has 0 saturated carbocycles. The van der Waals surface area contributed by atoms with Crippen LogP contribution in [0.5, 0.6) is 0 Å². The molecule has 0 saturated heterocycles. The molecule has 0 nitrogen and oxygen atoms in total. The zero-order valence-electron chi connectivity index (χ0n) is 3.84. The van der Waals surface area contributed by atoms with Crippen LogP contribution >= 0.6 is 0 Å². The molecular formula is H2CoFeNbSr. The van der Waals surface area contributed by atoms with Crippen LogP contribution in [-0.4, -0.2) is 45.5 Å². The molecule has 0 rings (SSSR count). The molecule has 0 aliphatic heterocycles. The van der Waals surface area contributed by atoms with Crippen LogP contribution in [0, 0.1) is 0 Å². The molecule has 0 aromatic heterocycles. The first-order valence-electron chi connectivity index (χ1n) is 0. The van der Waals surface area contributed by atoms with Gasteiger partial charge in [-0.3, -0.25) is 0 Å². The van der Waals surface area contributed by atoms with Crippen LogP contribution in [0.1, 0.15) is 2.85 Å². The molecule has 4 heavy (non-hydrogen) atoms. The van der Waals surface area contributed by atoms with Gasteiger partial charge in [-0.05, 0) is 0 Å². The predicted octanol–water partition coefficient (Wildman–Crippen LogP) is -0.163. The second-order valence-electron chi connectivity index (χ2n) is 0. The Balaban J connectivity index is 0. The normalized spacial score (nSPS) is 0. The molecule has 0 N–H and O–H groups in total. The van der Waals surface area contributed by atoms with Crippen molar-refractivity contribution >= 4 is 45.5 Å². The fourth-order valence-electron chi connectivity index (χ4n) is 0. The molecule has 26 valence electrons. The van der Waals surface area contributed by atoms with Crippen LogP contribution in [0.15, 0.2) is 0 Å². The van der Waals surface area contributed by atoms with E-state index >= 15 is 0 Å². The van der Waals surface area contributed by atoms with Gasteiger partial charge in [-0.15, -0.1) is 0 Å². The van der Waals surface area contributed by atoms with Crippen molar-refractivity contribution in [1.82, 2.24) is 0 Å². The molecule has 0 aromatic rings.